The van der Waals surface area contributed by atoms with E-state index in [4.69, 9.17) is 5.73 Å². The van der Waals surface area contributed by atoms with Crippen molar-refractivity contribution < 1.29 is 0 Å². The van der Waals surface area contributed by atoms with Crippen molar-refractivity contribution in [1.29, 1.82) is 0 Å². The van der Waals surface area contributed by atoms with Gasteiger partial charge in [0, 0.05) is 12.4 Å². The van der Waals surface area contributed by atoms with E-state index in [1.807, 2.05) is 30.2 Å². The normalized spacial score (nSPS) is 10.6. The van der Waals surface area contributed by atoms with Gasteiger partial charge in [0.15, 0.2) is 5.13 Å². The molecule has 0 aliphatic rings. The summed E-state index contributed by atoms with van der Waals surface area (Å²) >= 11 is 1.45. The molecule has 0 saturated carbocycles. The van der Waals surface area contributed by atoms with Crippen molar-refractivity contribution in [2.45, 2.75) is 6.92 Å². The average Bonchev–Trinajstić information content (AvgIpc) is 2.60. The third kappa shape index (κ3) is 1.31. The third-order valence-corrected chi connectivity index (χ3v) is 2.56. The molecule has 5 heteroatoms. The zero-order chi connectivity index (χ0) is 9.42. The fraction of sp³-hybridized carbons (Fsp3) is 0.250. The van der Waals surface area contributed by atoms with E-state index in [0.29, 0.717) is 5.13 Å². The zero-order valence-corrected chi connectivity index (χ0v) is 8.30. The van der Waals surface area contributed by atoms with E-state index in [9.17, 15) is 0 Å². The summed E-state index contributed by atoms with van der Waals surface area (Å²) in [5, 5.41) is 6.68. The second-order valence-electron chi connectivity index (χ2n) is 2.87. The van der Waals surface area contributed by atoms with Gasteiger partial charge in [0.2, 0.25) is 0 Å². The fourth-order valence-corrected chi connectivity index (χ4v) is 1.86. The average molecular weight is 194 g/mol. The van der Waals surface area contributed by atoms with Crippen LogP contribution in [0.4, 0.5) is 5.13 Å². The van der Waals surface area contributed by atoms with Gasteiger partial charge < -0.3 is 5.73 Å². The Morgan fingerprint density at radius 3 is 2.77 bits per heavy atom. The Kier molecular flexibility index (Phi) is 1.81. The molecule has 0 spiro atoms. The Labute approximate surface area is 80.0 Å². The molecule has 2 aromatic heterocycles. The minimum atomic E-state index is 0.593. The zero-order valence-electron chi connectivity index (χ0n) is 7.48. The molecule has 0 saturated heterocycles. The van der Waals surface area contributed by atoms with Crippen LogP contribution >= 0.6 is 11.3 Å². The molecule has 0 atom stereocenters. The van der Waals surface area contributed by atoms with Gasteiger partial charge >= 0.3 is 0 Å². The summed E-state index contributed by atoms with van der Waals surface area (Å²) in [6.07, 6.45) is 1.82. The van der Waals surface area contributed by atoms with Crippen LogP contribution in [0.5, 0.6) is 0 Å². The highest BCUT2D eigenvalue weighted by molar-refractivity contribution is 7.13. The number of aryl methyl sites for hydroxylation is 2. The molecule has 2 rings (SSSR count). The molecular formula is C8H10N4S. The topological polar surface area (TPSA) is 56.7 Å². The summed E-state index contributed by atoms with van der Waals surface area (Å²) in [5.74, 6) is 0. The number of nitrogens with two attached hydrogens (primary N) is 1. The van der Waals surface area contributed by atoms with Gasteiger partial charge in [-0.2, -0.15) is 5.10 Å². The van der Waals surface area contributed by atoms with Gasteiger partial charge in [-0.05, 0) is 12.5 Å². The predicted molar refractivity (Wildman–Crippen MR) is 53.5 cm³/mol. The van der Waals surface area contributed by atoms with Gasteiger partial charge in [-0.1, -0.05) is 0 Å². The summed E-state index contributed by atoms with van der Waals surface area (Å²) in [6, 6.07) is 0. The molecule has 2 heterocycles. The van der Waals surface area contributed by atoms with E-state index in [1.54, 1.807) is 0 Å². The van der Waals surface area contributed by atoms with Gasteiger partial charge in [0.1, 0.15) is 5.69 Å². The van der Waals surface area contributed by atoms with E-state index in [-0.39, 0.29) is 0 Å². The highest BCUT2D eigenvalue weighted by atomic mass is 32.1. The largest absolute Gasteiger partial charge is 0.375 e. The molecule has 0 aromatic carbocycles. The van der Waals surface area contributed by atoms with Crippen LogP contribution in [0.2, 0.25) is 0 Å². The first-order chi connectivity index (χ1) is 6.18. The van der Waals surface area contributed by atoms with Crippen LogP contribution < -0.4 is 5.73 Å². The number of hydrogen-bond acceptors (Lipinski definition) is 4. The molecule has 4 nitrogen and oxygen atoms in total. The number of anilines is 1. The first-order valence-corrected chi connectivity index (χ1v) is 4.76. The molecule has 0 fully saturated rings. The lowest BCUT2D eigenvalue weighted by Gasteiger charge is -1.98. The van der Waals surface area contributed by atoms with Crippen LogP contribution in [0, 0.1) is 6.92 Å². The van der Waals surface area contributed by atoms with Gasteiger partial charge in [-0.15, -0.1) is 11.3 Å². The third-order valence-electron chi connectivity index (χ3n) is 1.89. The maximum atomic E-state index is 5.56. The van der Waals surface area contributed by atoms with Crippen molar-refractivity contribution in [2.24, 2.45) is 7.05 Å². The first kappa shape index (κ1) is 8.25. The van der Waals surface area contributed by atoms with Crippen LogP contribution in [0.1, 0.15) is 5.56 Å². The minimum absolute atomic E-state index is 0.593. The molecule has 2 N–H and O–H groups in total. The number of rotatable bonds is 1. The summed E-state index contributed by atoms with van der Waals surface area (Å²) < 4.78 is 1.81. The van der Waals surface area contributed by atoms with Crippen LogP contribution in [-0.2, 0) is 7.05 Å². The molecule has 0 radical (unpaired) electrons. The van der Waals surface area contributed by atoms with E-state index >= 15 is 0 Å². The molecule has 68 valence electrons. The Hall–Kier alpha value is -1.36. The van der Waals surface area contributed by atoms with Crippen molar-refractivity contribution >= 4 is 16.5 Å². The maximum absolute atomic E-state index is 5.56. The van der Waals surface area contributed by atoms with Crippen LogP contribution in [0.3, 0.4) is 0 Å². The molecule has 0 unspecified atom stereocenters. The Balaban J connectivity index is 2.57. The number of thiazole rings is 1. The standard InChI is InChI=1S/C8H10N4S/c1-5-3-10-12(2)7(5)6-4-13-8(9)11-6/h3-4H,1-2H3,(H2,9,11). The van der Waals surface area contributed by atoms with Crippen molar-refractivity contribution in [3.63, 3.8) is 0 Å². The lowest BCUT2D eigenvalue weighted by Crippen LogP contribution is -1.94. The van der Waals surface area contributed by atoms with Crippen molar-refractivity contribution in [2.75, 3.05) is 5.73 Å². The predicted octanol–water partition coefficient (Wildman–Crippen LogP) is 1.43. The lowest BCUT2D eigenvalue weighted by molar-refractivity contribution is 0.774. The number of nitrogen functional groups attached to an aromatic ring is 1. The Bertz CT molecular complexity index is 410. The molecule has 13 heavy (non-hydrogen) atoms. The van der Waals surface area contributed by atoms with Crippen molar-refractivity contribution in [3.05, 3.63) is 17.1 Å². The second-order valence-corrected chi connectivity index (χ2v) is 3.76. The van der Waals surface area contributed by atoms with E-state index < -0.39 is 0 Å². The molecule has 0 amide bonds. The van der Waals surface area contributed by atoms with Crippen molar-refractivity contribution in [1.82, 2.24) is 14.8 Å². The van der Waals surface area contributed by atoms with E-state index in [2.05, 4.69) is 10.1 Å². The van der Waals surface area contributed by atoms with Gasteiger partial charge in [-0.25, -0.2) is 4.98 Å². The Morgan fingerprint density at radius 2 is 2.31 bits per heavy atom. The SMILES string of the molecule is Cc1cnn(C)c1-c1csc(N)n1. The highest BCUT2D eigenvalue weighted by Crippen LogP contribution is 2.24. The fourth-order valence-electron chi connectivity index (χ4n) is 1.31. The van der Waals surface area contributed by atoms with Crippen molar-refractivity contribution in [3.8, 4) is 11.4 Å². The Morgan fingerprint density at radius 1 is 1.54 bits per heavy atom. The number of hydrogen-bond donors (Lipinski definition) is 1. The smallest absolute Gasteiger partial charge is 0.180 e. The minimum Gasteiger partial charge on any atom is -0.375 e. The summed E-state index contributed by atoms with van der Waals surface area (Å²) in [4.78, 5) is 4.21. The van der Waals surface area contributed by atoms with E-state index in [0.717, 1.165) is 17.0 Å². The summed E-state index contributed by atoms with van der Waals surface area (Å²) in [6.45, 7) is 2.01. The molecule has 0 aliphatic heterocycles. The van der Waals surface area contributed by atoms with Gasteiger partial charge in [0.25, 0.3) is 0 Å². The molecular weight excluding hydrogens is 184 g/mol. The van der Waals surface area contributed by atoms with Crippen LogP contribution in [-0.4, -0.2) is 14.8 Å². The molecule has 2 aromatic rings. The number of nitrogens with zero attached hydrogens (tertiary/aromatic N) is 3. The number of aromatic nitrogens is 3. The second kappa shape index (κ2) is 2.85. The van der Waals surface area contributed by atoms with E-state index in [1.165, 1.54) is 11.3 Å². The lowest BCUT2D eigenvalue weighted by atomic mass is 10.2. The molecule has 0 aliphatic carbocycles. The van der Waals surface area contributed by atoms with Crippen LogP contribution in [0.25, 0.3) is 11.4 Å². The van der Waals surface area contributed by atoms with Gasteiger partial charge in [-0.3, -0.25) is 4.68 Å². The molecule has 0 bridgehead atoms. The summed E-state index contributed by atoms with van der Waals surface area (Å²) in [7, 11) is 1.90. The monoisotopic (exact) mass is 194 g/mol. The maximum Gasteiger partial charge on any atom is 0.180 e. The van der Waals surface area contributed by atoms with Crippen LogP contribution in [0.15, 0.2) is 11.6 Å². The first-order valence-electron chi connectivity index (χ1n) is 3.88. The summed E-state index contributed by atoms with van der Waals surface area (Å²) in [5.41, 5.74) is 8.62. The quantitative estimate of drug-likeness (QED) is 0.747. The highest BCUT2D eigenvalue weighted by Gasteiger charge is 2.09. The van der Waals surface area contributed by atoms with Gasteiger partial charge in [0.05, 0.1) is 11.9 Å².